The minimum Gasteiger partial charge on any atom is -0.492 e. The molecule has 0 bridgehead atoms. The Bertz CT molecular complexity index is 967. The van der Waals surface area contributed by atoms with Crippen molar-refractivity contribution in [3.63, 3.8) is 0 Å². The van der Waals surface area contributed by atoms with Crippen LogP contribution in [0.5, 0.6) is 5.75 Å². The quantitative estimate of drug-likeness (QED) is 0.683. The molecule has 0 saturated carbocycles. The van der Waals surface area contributed by atoms with Crippen LogP contribution in [0.1, 0.15) is 5.56 Å². The Hall–Kier alpha value is -3.15. The van der Waals surface area contributed by atoms with E-state index in [-0.39, 0.29) is 18.0 Å². The number of amides is 1. The molecule has 26 heavy (non-hydrogen) atoms. The molecule has 3 aromatic rings. The van der Waals surface area contributed by atoms with Crippen molar-refractivity contribution >= 4 is 16.8 Å². The van der Waals surface area contributed by atoms with E-state index in [1.807, 2.05) is 49.4 Å². The van der Waals surface area contributed by atoms with Crippen LogP contribution in [0, 0.1) is 6.92 Å². The number of aromatic nitrogens is 2. The molecule has 1 heterocycles. The molecule has 0 radical (unpaired) electrons. The summed E-state index contributed by atoms with van der Waals surface area (Å²) in [6.45, 7) is 2.68. The second-order valence-electron chi connectivity index (χ2n) is 6.13. The lowest BCUT2D eigenvalue weighted by atomic mass is 10.1. The zero-order valence-corrected chi connectivity index (χ0v) is 14.9. The smallest absolute Gasteiger partial charge is 0.261 e. The molecule has 0 spiro atoms. The Labute approximate surface area is 151 Å². The molecule has 0 fully saturated rings. The summed E-state index contributed by atoms with van der Waals surface area (Å²) < 4.78 is 6.94. The van der Waals surface area contributed by atoms with Crippen LogP contribution in [0.4, 0.5) is 0 Å². The SMILES string of the molecule is Cc1cccc2c(=O)n(CC(=O)N(C)CCOc3ccccc3)cnc12. The van der Waals surface area contributed by atoms with Crippen molar-refractivity contribution in [2.24, 2.45) is 0 Å². The zero-order chi connectivity index (χ0) is 18.5. The minimum atomic E-state index is -0.207. The molecule has 0 saturated heterocycles. The van der Waals surface area contributed by atoms with Crippen LogP contribution in [-0.2, 0) is 11.3 Å². The van der Waals surface area contributed by atoms with E-state index in [0.717, 1.165) is 11.3 Å². The van der Waals surface area contributed by atoms with E-state index in [4.69, 9.17) is 4.74 Å². The van der Waals surface area contributed by atoms with Crippen molar-refractivity contribution < 1.29 is 9.53 Å². The molecule has 3 rings (SSSR count). The maximum Gasteiger partial charge on any atom is 0.261 e. The van der Waals surface area contributed by atoms with Crippen LogP contribution in [-0.4, -0.2) is 40.6 Å². The summed E-state index contributed by atoms with van der Waals surface area (Å²) in [6.07, 6.45) is 1.43. The molecule has 0 aliphatic heterocycles. The van der Waals surface area contributed by atoms with Gasteiger partial charge in [0.2, 0.25) is 5.91 Å². The normalized spacial score (nSPS) is 10.7. The molecular weight excluding hydrogens is 330 g/mol. The number of ether oxygens (including phenoxy) is 1. The zero-order valence-electron chi connectivity index (χ0n) is 14.9. The number of carbonyl (C=O) groups excluding carboxylic acids is 1. The topological polar surface area (TPSA) is 64.4 Å². The molecule has 134 valence electrons. The molecule has 1 aromatic heterocycles. The number of likely N-dealkylation sites (N-methyl/N-ethyl adjacent to an activating group) is 1. The van der Waals surface area contributed by atoms with E-state index in [0.29, 0.717) is 24.1 Å². The summed E-state index contributed by atoms with van der Waals surface area (Å²) in [5, 5.41) is 0.523. The molecule has 0 aliphatic rings. The van der Waals surface area contributed by atoms with Gasteiger partial charge in [-0.2, -0.15) is 0 Å². The maximum atomic E-state index is 12.6. The highest BCUT2D eigenvalue weighted by Crippen LogP contribution is 2.11. The molecule has 0 atom stereocenters. The molecule has 6 nitrogen and oxygen atoms in total. The summed E-state index contributed by atoms with van der Waals surface area (Å²) in [5.41, 5.74) is 1.40. The van der Waals surface area contributed by atoms with E-state index >= 15 is 0 Å². The fourth-order valence-electron chi connectivity index (χ4n) is 2.66. The highest BCUT2D eigenvalue weighted by atomic mass is 16.5. The molecule has 0 N–H and O–H groups in total. The number of para-hydroxylation sites is 2. The average Bonchev–Trinajstić information content (AvgIpc) is 2.65. The van der Waals surface area contributed by atoms with Crippen LogP contribution in [0.2, 0.25) is 0 Å². The molecular formula is C20H21N3O3. The number of hydrogen-bond donors (Lipinski definition) is 0. The van der Waals surface area contributed by atoms with Gasteiger partial charge in [0, 0.05) is 7.05 Å². The van der Waals surface area contributed by atoms with Crippen LogP contribution >= 0.6 is 0 Å². The summed E-state index contributed by atoms with van der Waals surface area (Å²) in [6, 6.07) is 14.9. The number of aryl methyl sites for hydroxylation is 1. The average molecular weight is 351 g/mol. The summed E-state index contributed by atoms with van der Waals surface area (Å²) in [5.74, 6) is 0.594. The predicted molar refractivity (Wildman–Crippen MR) is 100 cm³/mol. The van der Waals surface area contributed by atoms with E-state index in [1.165, 1.54) is 10.9 Å². The van der Waals surface area contributed by atoms with Crippen molar-refractivity contribution in [1.82, 2.24) is 14.5 Å². The third-order valence-electron chi connectivity index (χ3n) is 4.23. The minimum absolute atomic E-state index is 0.0441. The van der Waals surface area contributed by atoms with Gasteiger partial charge in [-0.1, -0.05) is 30.3 Å². The number of rotatable bonds is 6. The standard InChI is InChI=1S/C20H21N3O3/c1-15-7-6-10-17-19(15)21-14-23(20(17)25)13-18(24)22(2)11-12-26-16-8-4-3-5-9-16/h3-10,14H,11-13H2,1-2H3. The van der Waals surface area contributed by atoms with E-state index < -0.39 is 0 Å². The van der Waals surface area contributed by atoms with Gasteiger partial charge in [-0.3, -0.25) is 14.2 Å². The van der Waals surface area contributed by atoms with Gasteiger partial charge in [0.15, 0.2) is 0 Å². The van der Waals surface area contributed by atoms with Crippen molar-refractivity contribution in [3.05, 3.63) is 70.8 Å². The number of fused-ring (bicyclic) bond motifs is 1. The van der Waals surface area contributed by atoms with Gasteiger partial charge >= 0.3 is 0 Å². The molecule has 0 aliphatic carbocycles. The van der Waals surface area contributed by atoms with Gasteiger partial charge in [0.05, 0.1) is 23.8 Å². The first-order chi connectivity index (χ1) is 12.6. The summed E-state index contributed by atoms with van der Waals surface area (Å²) >= 11 is 0. The van der Waals surface area contributed by atoms with Crippen molar-refractivity contribution in [1.29, 1.82) is 0 Å². The Morgan fingerprint density at radius 3 is 2.69 bits per heavy atom. The van der Waals surface area contributed by atoms with Gasteiger partial charge in [-0.25, -0.2) is 4.98 Å². The number of hydrogen-bond acceptors (Lipinski definition) is 4. The summed E-state index contributed by atoms with van der Waals surface area (Å²) in [4.78, 5) is 30.8. The Kier molecular flexibility index (Phi) is 5.31. The predicted octanol–water partition coefficient (Wildman–Crippen LogP) is 2.24. The third-order valence-corrected chi connectivity index (χ3v) is 4.23. The third kappa shape index (κ3) is 3.91. The van der Waals surface area contributed by atoms with Gasteiger partial charge in [0.1, 0.15) is 18.9 Å². The van der Waals surface area contributed by atoms with Gasteiger partial charge in [0.25, 0.3) is 5.56 Å². The van der Waals surface area contributed by atoms with Crippen LogP contribution in [0.25, 0.3) is 10.9 Å². The number of nitrogens with zero attached hydrogens (tertiary/aromatic N) is 3. The number of carbonyl (C=O) groups is 1. The Balaban J connectivity index is 1.63. The lowest BCUT2D eigenvalue weighted by Crippen LogP contribution is -2.36. The Morgan fingerprint density at radius 1 is 1.15 bits per heavy atom. The van der Waals surface area contributed by atoms with E-state index in [9.17, 15) is 9.59 Å². The van der Waals surface area contributed by atoms with Gasteiger partial charge in [-0.15, -0.1) is 0 Å². The second-order valence-corrected chi connectivity index (χ2v) is 6.13. The first-order valence-corrected chi connectivity index (χ1v) is 8.43. The van der Waals surface area contributed by atoms with Crippen LogP contribution < -0.4 is 10.3 Å². The van der Waals surface area contributed by atoms with Crippen molar-refractivity contribution in [2.75, 3.05) is 20.2 Å². The first kappa shape index (κ1) is 17.7. The summed E-state index contributed by atoms with van der Waals surface area (Å²) in [7, 11) is 1.69. The number of benzene rings is 2. The second kappa shape index (κ2) is 7.82. The van der Waals surface area contributed by atoms with Gasteiger partial charge in [-0.05, 0) is 30.7 Å². The van der Waals surface area contributed by atoms with Crippen LogP contribution in [0.15, 0.2) is 59.7 Å². The van der Waals surface area contributed by atoms with E-state index in [1.54, 1.807) is 18.0 Å². The molecule has 1 amide bonds. The molecule has 2 aromatic carbocycles. The lowest BCUT2D eigenvalue weighted by molar-refractivity contribution is -0.130. The fraction of sp³-hybridized carbons (Fsp3) is 0.250. The van der Waals surface area contributed by atoms with Crippen molar-refractivity contribution in [2.45, 2.75) is 13.5 Å². The monoisotopic (exact) mass is 351 g/mol. The maximum absolute atomic E-state index is 12.6. The fourth-order valence-corrected chi connectivity index (χ4v) is 2.66. The largest absolute Gasteiger partial charge is 0.492 e. The molecule has 0 unspecified atom stereocenters. The lowest BCUT2D eigenvalue weighted by Gasteiger charge is -2.18. The van der Waals surface area contributed by atoms with Crippen molar-refractivity contribution in [3.8, 4) is 5.75 Å². The molecule has 6 heteroatoms. The first-order valence-electron chi connectivity index (χ1n) is 8.43. The van der Waals surface area contributed by atoms with Gasteiger partial charge < -0.3 is 9.64 Å². The van der Waals surface area contributed by atoms with Crippen LogP contribution in [0.3, 0.4) is 0 Å². The van der Waals surface area contributed by atoms with E-state index in [2.05, 4.69) is 4.98 Å². The Morgan fingerprint density at radius 2 is 1.92 bits per heavy atom. The highest BCUT2D eigenvalue weighted by Gasteiger charge is 2.12. The highest BCUT2D eigenvalue weighted by molar-refractivity contribution is 5.81.